The van der Waals surface area contributed by atoms with E-state index in [1.54, 1.807) is 22.7 Å². The number of nitrogens with one attached hydrogen (secondary N) is 1. The Hall–Kier alpha value is -0.780. The van der Waals surface area contributed by atoms with Gasteiger partial charge >= 0.3 is 0 Å². The van der Waals surface area contributed by atoms with Crippen LogP contribution >= 0.6 is 22.7 Å². The van der Waals surface area contributed by atoms with E-state index in [1.165, 1.54) is 10.4 Å². The Bertz CT molecular complexity index is 474. The maximum Gasteiger partial charge on any atom is 0.158 e. The zero-order valence-electron chi connectivity index (χ0n) is 10.4. The van der Waals surface area contributed by atoms with E-state index in [-0.39, 0.29) is 0 Å². The van der Waals surface area contributed by atoms with Gasteiger partial charge in [0.2, 0.25) is 0 Å². The number of hydrogen-bond donors (Lipinski definition) is 1. The summed E-state index contributed by atoms with van der Waals surface area (Å²) in [4.78, 5) is 1.25. The molecule has 0 aliphatic carbocycles. The fourth-order valence-corrected chi connectivity index (χ4v) is 3.36. The Labute approximate surface area is 110 Å². The highest BCUT2D eigenvalue weighted by molar-refractivity contribution is 7.20. The van der Waals surface area contributed by atoms with Gasteiger partial charge in [-0.3, -0.25) is 0 Å². The summed E-state index contributed by atoms with van der Waals surface area (Å²) in [6.45, 7) is 8.36. The fourth-order valence-electron chi connectivity index (χ4n) is 1.48. The first kappa shape index (κ1) is 12.7. The highest BCUT2D eigenvalue weighted by atomic mass is 32.1. The predicted molar refractivity (Wildman–Crippen MR) is 74.5 cm³/mol. The van der Waals surface area contributed by atoms with E-state index in [0.29, 0.717) is 5.92 Å². The number of rotatable bonds is 5. The van der Waals surface area contributed by atoms with Gasteiger partial charge in [-0.25, -0.2) is 0 Å². The van der Waals surface area contributed by atoms with Crippen molar-refractivity contribution < 1.29 is 0 Å². The van der Waals surface area contributed by atoms with Crippen LogP contribution in [0, 0.1) is 12.8 Å². The van der Waals surface area contributed by atoms with Crippen molar-refractivity contribution in [3.63, 3.8) is 0 Å². The molecule has 0 spiro atoms. The van der Waals surface area contributed by atoms with Crippen LogP contribution in [-0.2, 0) is 6.54 Å². The number of hydrogen-bond acceptors (Lipinski definition) is 5. The first-order valence-corrected chi connectivity index (χ1v) is 7.44. The molecule has 0 saturated heterocycles. The summed E-state index contributed by atoms with van der Waals surface area (Å²) in [7, 11) is 0. The Morgan fingerprint density at radius 1 is 1.35 bits per heavy atom. The SMILES string of the molecule is Cc1ccsc1-c1nnc(CNCC(C)C)s1. The number of nitrogens with zero attached hydrogens (tertiary/aromatic N) is 2. The van der Waals surface area contributed by atoms with Gasteiger partial charge in [0.1, 0.15) is 5.01 Å². The topological polar surface area (TPSA) is 37.8 Å². The van der Waals surface area contributed by atoms with E-state index in [1.807, 2.05) is 0 Å². The van der Waals surface area contributed by atoms with Crippen LogP contribution in [0.2, 0.25) is 0 Å². The molecule has 0 atom stereocenters. The van der Waals surface area contributed by atoms with E-state index in [2.05, 4.69) is 47.7 Å². The molecule has 3 nitrogen and oxygen atoms in total. The summed E-state index contributed by atoms with van der Waals surface area (Å²) in [6.07, 6.45) is 0. The van der Waals surface area contributed by atoms with Crippen LogP contribution in [-0.4, -0.2) is 16.7 Å². The van der Waals surface area contributed by atoms with Crippen LogP contribution in [0.5, 0.6) is 0 Å². The van der Waals surface area contributed by atoms with E-state index < -0.39 is 0 Å². The Balaban J connectivity index is 1.99. The van der Waals surface area contributed by atoms with E-state index in [4.69, 9.17) is 0 Å². The Morgan fingerprint density at radius 3 is 2.82 bits per heavy atom. The highest BCUT2D eigenvalue weighted by Crippen LogP contribution is 2.31. The second kappa shape index (κ2) is 5.71. The molecule has 0 saturated carbocycles. The standard InChI is InChI=1S/C12H17N3S2/c1-8(2)6-13-7-10-14-15-12(17-10)11-9(3)4-5-16-11/h4-5,8,13H,6-7H2,1-3H3. The smallest absolute Gasteiger partial charge is 0.158 e. The lowest BCUT2D eigenvalue weighted by Gasteiger charge is -2.03. The number of thiophene rings is 1. The molecule has 1 N–H and O–H groups in total. The Kier molecular flexibility index (Phi) is 4.25. The molecule has 0 unspecified atom stereocenters. The second-order valence-electron chi connectivity index (χ2n) is 4.46. The zero-order chi connectivity index (χ0) is 12.3. The molecule has 92 valence electrons. The average Bonchev–Trinajstić information content (AvgIpc) is 2.86. The van der Waals surface area contributed by atoms with Gasteiger partial charge < -0.3 is 5.32 Å². The van der Waals surface area contributed by atoms with Gasteiger partial charge in [0.25, 0.3) is 0 Å². The highest BCUT2D eigenvalue weighted by Gasteiger charge is 2.09. The fraction of sp³-hybridized carbons (Fsp3) is 0.500. The minimum absolute atomic E-state index is 0.668. The lowest BCUT2D eigenvalue weighted by molar-refractivity contribution is 0.550. The molecule has 0 aliphatic rings. The lowest BCUT2D eigenvalue weighted by Crippen LogP contribution is -2.18. The van der Waals surface area contributed by atoms with Crippen LogP contribution < -0.4 is 5.32 Å². The summed E-state index contributed by atoms with van der Waals surface area (Å²) in [5.41, 5.74) is 1.29. The van der Waals surface area contributed by atoms with Crippen molar-refractivity contribution in [1.29, 1.82) is 0 Å². The summed E-state index contributed by atoms with van der Waals surface area (Å²) in [5.74, 6) is 0.668. The first-order chi connectivity index (χ1) is 8.16. The van der Waals surface area contributed by atoms with Crippen molar-refractivity contribution in [3.05, 3.63) is 22.0 Å². The predicted octanol–water partition coefficient (Wildman–Crippen LogP) is 3.32. The Morgan fingerprint density at radius 2 is 2.18 bits per heavy atom. The molecule has 2 aromatic rings. The number of aromatic nitrogens is 2. The summed E-state index contributed by atoms with van der Waals surface area (Å²) < 4.78 is 0. The van der Waals surface area contributed by atoms with E-state index >= 15 is 0 Å². The molecule has 0 fully saturated rings. The maximum absolute atomic E-state index is 4.26. The van der Waals surface area contributed by atoms with Crippen molar-refractivity contribution in [2.24, 2.45) is 5.92 Å². The molecule has 0 amide bonds. The van der Waals surface area contributed by atoms with Gasteiger partial charge in [0, 0.05) is 6.54 Å². The van der Waals surface area contributed by atoms with Crippen molar-refractivity contribution in [2.45, 2.75) is 27.3 Å². The molecular formula is C12H17N3S2. The van der Waals surface area contributed by atoms with Crippen LogP contribution in [0.25, 0.3) is 9.88 Å². The van der Waals surface area contributed by atoms with Crippen molar-refractivity contribution >= 4 is 22.7 Å². The third kappa shape index (κ3) is 3.34. The summed E-state index contributed by atoms with van der Waals surface area (Å²) in [6, 6.07) is 2.12. The molecule has 2 heterocycles. The lowest BCUT2D eigenvalue weighted by atomic mass is 10.2. The monoisotopic (exact) mass is 267 g/mol. The molecular weight excluding hydrogens is 250 g/mol. The molecule has 17 heavy (non-hydrogen) atoms. The van der Waals surface area contributed by atoms with Crippen LogP contribution in [0.15, 0.2) is 11.4 Å². The molecule has 5 heteroatoms. The van der Waals surface area contributed by atoms with Gasteiger partial charge in [-0.2, -0.15) is 0 Å². The van der Waals surface area contributed by atoms with E-state index in [0.717, 1.165) is 23.1 Å². The number of aryl methyl sites for hydroxylation is 1. The zero-order valence-corrected chi connectivity index (χ0v) is 12.0. The van der Waals surface area contributed by atoms with Crippen LogP contribution in [0.4, 0.5) is 0 Å². The van der Waals surface area contributed by atoms with Crippen molar-refractivity contribution in [1.82, 2.24) is 15.5 Å². The molecule has 2 aromatic heterocycles. The third-order valence-electron chi connectivity index (χ3n) is 2.35. The van der Waals surface area contributed by atoms with Crippen molar-refractivity contribution in [2.75, 3.05) is 6.54 Å². The van der Waals surface area contributed by atoms with Crippen molar-refractivity contribution in [3.8, 4) is 9.88 Å². The molecule has 0 aromatic carbocycles. The normalized spacial score (nSPS) is 11.3. The third-order valence-corrected chi connectivity index (χ3v) is 4.45. The minimum Gasteiger partial charge on any atom is -0.310 e. The minimum atomic E-state index is 0.668. The second-order valence-corrected chi connectivity index (χ2v) is 6.44. The maximum atomic E-state index is 4.26. The quantitative estimate of drug-likeness (QED) is 0.903. The largest absolute Gasteiger partial charge is 0.310 e. The molecule has 0 aliphatic heterocycles. The molecule has 0 radical (unpaired) electrons. The average molecular weight is 267 g/mol. The first-order valence-electron chi connectivity index (χ1n) is 5.74. The van der Waals surface area contributed by atoms with Crippen LogP contribution in [0.3, 0.4) is 0 Å². The van der Waals surface area contributed by atoms with Crippen LogP contribution in [0.1, 0.15) is 24.4 Å². The van der Waals surface area contributed by atoms with E-state index in [9.17, 15) is 0 Å². The summed E-state index contributed by atoms with van der Waals surface area (Å²) >= 11 is 3.41. The van der Waals surface area contributed by atoms with Gasteiger partial charge in [-0.05, 0) is 36.4 Å². The van der Waals surface area contributed by atoms with Gasteiger partial charge in [0.05, 0.1) is 4.88 Å². The summed E-state index contributed by atoms with van der Waals surface area (Å²) in [5, 5.41) is 16.1. The van der Waals surface area contributed by atoms with Gasteiger partial charge in [-0.1, -0.05) is 25.2 Å². The molecule has 0 bridgehead atoms. The van der Waals surface area contributed by atoms with Gasteiger partial charge in [0.15, 0.2) is 5.01 Å². The van der Waals surface area contributed by atoms with Gasteiger partial charge in [-0.15, -0.1) is 21.5 Å². The molecule has 2 rings (SSSR count).